The Balaban J connectivity index is 3.35. The molecule has 0 aliphatic heterocycles. The van der Waals surface area contributed by atoms with Crippen molar-refractivity contribution in [3.8, 4) is 17.2 Å². The lowest BCUT2D eigenvalue weighted by atomic mass is 9.86. The van der Waals surface area contributed by atoms with Crippen LogP contribution in [0, 0.1) is 0 Å². The minimum atomic E-state index is -0.226. The molecule has 0 aromatic heterocycles. The van der Waals surface area contributed by atoms with Gasteiger partial charge in [-0.1, -0.05) is 20.8 Å². The highest BCUT2D eigenvalue weighted by molar-refractivity contribution is 5.52. The number of rotatable bonds is 1. The molecule has 0 saturated carbocycles. The van der Waals surface area contributed by atoms with E-state index in [2.05, 4.69) is 0 Å². The molecule has 78 valence electrons. The molecule has 0 bridgehead atoms. The Morgan fingerprint density at radius 3 is 2.14 bits per heavy atom. The van der Waals surface area contributed by atoms with Crippen LogP contribution in [0.4, 0.5) is 0 Å². The third-order valence-corrected chi connectivity index (χ3v) is 2.11. The van der Waals surface area contributed by atoms with Gasteiger partial charge in [-0.2, -0.15) is 0 Å². The van der Waals surface area contributed by atoms with Gasteiger partial charge in [0.2, 0.25) is 0 Å². The Morgan fingerprint density at radius 1 is 1.14 bits per heavy atom. The van der Waals surface area contributed by atoms with Crippen LogP contribution in [0.25, 0.3) is 0 Å². The first-order chi connectivity index (χ1) is 6.36. The highest BCUT2D eigenvalue weighted by Gasteiger charge is 2.21. The Morgan fingerprint density at radius 2 is 1.71 bits per heavy atom. The molecular formula is C11H16O3. The van der Waals surface area contributed by atoms with Crippen molar-refractivity contribution in [2.75, 3.05) is 7.11 Å². The molecule has 14 heavy (non-hydrogen) atoms. The van der Waals surface area contributed by atoms with Gasteiger partial charge in [-0.25, -0.2) is 0 Å². The summed E-state index contributed by atoms with van der Waals surface area (Å²) in [5.41, 5.74) is 0.449. The van der Waals surface area contributed by atoms with E-state index in [0.717, 1.165) is 0 Å². The van der Waals surface area contributed by atoms with Gasteiger partial charge in [0.25, 0.3) is 0 Å². The van der Waals surface area contributed by atoms with Crippen LogP contribution in [0.1, 0.15) is 26.3 Å². The van der Waals surface area contributed by atoms with Gasteiger partial charge in [0.05, 0.1) is 7.11 Å². The zero-order valence-corrected chi connectivity index (χ0v) is 8.96. The first-order valence-corrected chi connectivity index (χ1v) is 4.46. The largest absolute Gasteiger partial charge is 0.504 e. The van der Waals surface area contributed by atoms with Crippen molar-refractivity contribution in [2.45, 2.75) is 26.2 Å². The molecule has 3 heteroatoms. The fraction of sp³-hybridized carbons (Fsp3) is 0.455. The molecule has 1 aromatic carbocycles. The van der Waals surface area contributed by atoms with Crippen LogP contribution in [0.3, 0.4) is 0 Å². The summed E-state index contributed by atoms with van der Waals surface area (Å²) >= 11 is 0. The maximum atomic E-state index is 9.65. The van der Waals surface area contributed by atoms with Crippen LogP contribution < -0.4 is 4.74 Å². The van der Waals surface area contributed by atoms with E-state index in [1.165, 1.54) is 13.2 Å². The van der Waals surface area contributed by atoms with Gasteiger partial charge in [-0.3, -0.25) is 0 Å². The summed E-state index contributed by atoms with van der Waals surface area (Å²) in [4.78, 5) is 0. The molecule has 0 aliphatic carbocycles. The van der Waals surface area contributed by atoms with Crippen molar-refractivity contribution in [1.82, 2.24) is 0 Å². The molecule has 0 saturated heterocycles. The minimum Gasteiger partial charge on any atom is -0.504 e. The van der Waals surface area contributed by atoms with Gasteiger partial charge in [0.1, 0.15) is 5.75 Å². The molecular weight excluding hydrogens is 180 g/mol. The van der Waals surface area contributed by atoms with E-state index in [-0.39, 0.29) is 16.9 Å². The van der Waals surface area contributed by atoms with Crippen LogP contribution in [-0.4, -0.2) is 17.3 Å². The molecule has 1 aromatic rings. The Kier molecular flexibility index (Phi) is 2.60. The van der Waals surface area contributed by atoms with Crippen LogP contribution in [0.15, 0.2) is 12.1 Å². The second kappa shape index (κ2) is 3.40. The van der Waals surface area contributed by atoms with Crippen LogP contribution in [0.5, 0.6) is 17.2 Å². The number of hydrogen-bond donors (Lipinski definition) is 2. The van der Waals surface area contributed by atoms with Gasteiger partial charge in [0.15, 0.2) is 11.5 Å². The normalized spacial score (nSPS) is 11.4. The average molecular weight is 196 g/mol. The summed E-state index contributed by atoms with van der Waals surface area (Å²) in [6.45, 7) is 5.88. The summed E-state index contributed by atoms with van der Waals surface area (Å²) in [5, 5.41) is 19.1. The number of aromatic hydroxyl groups is 2. The number of hydrogen-bond acceptors (Lipinski definition) is 3. The SMILES string of the molecule is COc1cc(O)c(O)c(C(C)(C)C)c1. The number of benzene rings is 1. The summed E-state index contributed by atoms with van der Waals surface area (Å²) < 4.78 is 5.01. The average Bonchev–Trinajstić information content (AvgIpc) is 2.07. The zero-order valence-electron chi connectivity index (χ0n) is 8.96. The first kappa shape index (κ1) is 10.7. The third kappa shape index (κ3) is 1.92. The molecule has 0 atom stereocenters. The quantitative estimate of drug-likeness (QED) is 0.678. The van der Waals surface area contributed by atoms with Gasteiger partial charge in [-0.05, 0) is 11.5 Å². The topological polar surface area (TPSA) is 49.7 Å². The highest BCUT2D eigenvalue weighted by Crippen LogP contribution is 2.39. The summed E-state index contributed by atoms with van der Waals surface area (Å²) in [6.07, 6.45) is 0. The maximum absolute atomic E-state index is 9.65. The zero-order chi connectivity index (χ0) is 10.9. The molecule has 0 radical (unpaired) electrons. The van der Waals surface area contributed by atoms with Crippen molar-refractivity contribution in [3.63, 3.8) is 0 Å². The number of ether oxygens (including phenoxy) is 1. The molecule has 0 amide bonds. The monoisotopic (exact) mass is 196 g/mol. The molecule has 0 unspecified atom stereocenters. The van der Waals surface area contributed by atoms with E-state index in [1.54, 1.807) is 6.07 Å². The van der Waals surface area contributed by atoms with Crippen molar-refractivity contribution in [1.29, 1.82) is 0 Å². The number of phenols is 2. The lowest BCUT2D eigenvalue weighted by Crippen LogP contribution is -2.11. The summed E-state index contributed by atoms with van der Waals surface area (Å²) in [5.74, 6) is 0.331. The van der Waals surface area contributed by atoms with Gasteiger partial charge < -0.3 is 14.9 Å². The van der Waals surface area contributed by atoms with Crippen molar-refractivity contribution < 1.29 is 14.9 Å². The second-order valence-corrected chi connectivity index (χ2v) is 4.29. The highest BCUT2D eigenvalue weighted by atomic mass is 16.5. The van der Waals surface area contributed by atoms with E-state index in [4.69, 9.17) is 4.74 Å². The smallest absolute Gasteiger partial charge is 0.161 e. The molecule has 1 rings (SSSR count). The predicted molar refractivity (Wildman–Crippen MR) is 55.0 cm³/mol. The van der Waals surface area contributed by atoms with Gasteiger partial charge in [0, 0.05) is 11.6 Å². The van der Waals surface area contributed by atoms with Crippen molar-refractivity contribution >= 4 is 0 Å². The number of methoxy groups -OCH3 is 1. The maximum Gasteiger partial charge on any atom is 0.161 e. The third-order valence-electron chi connectivity index (χ3n) is 2.11. The minimum absolute atomic E-state index is 0.0710. The molecule has 0 aliphatic rings. The first-order valence-electron chi connectivity index (χ1n) is 4.46. The fourth-order valence-corrected chi connectivity index (χ4v) is 1.28. The predicted octanol–water partition coefficient (Wildman–Crippen LogP) is 2.40. The van der Waals surface area contributed by atoms with E-state index in [0.29, 0.717) is 11.3 Å². The Bertz CT molecular complexity index is 337. The molecule has 3 nitrogen and oxygen atoms in total. The Labute approximate surface area is 84.0 Å². The Hall–Kier alpha value is -1.38. The molecule has 0 fully saturated rings. The second-order valence-electron chi connectivity index (χ2n) is 4.29. The van der Waals surface area contributed by atoms with Crippen molar-refractivity contribution in [2.24, 2.45) is 0 Å². The lowest BCUT2D eigenvalue weighted by molar-refractivity contribution is 0.373. The van der Waals surface area contributed by atoms with E-state index in [9.17, 15) is 10.2 Å². The van der Waals surface area contributed by atoms with E-state index >= 15 is 0 Å². The fourth-order valence-electron chi connectivity index (χ4n) is 1.28. The van der Waals surface area contributed by atoms with E-state index < -0.39 is 0 Å². The summed E-state index contributed by atoms with van der Waals surface area (Å²) in [6, 6.07) is 3.12. The van der Waals surface area contributed by atoms with Gasteiger partial charge in [-0.15, -0.1) is 0 Å². The molecule has 0 spiro atoms. The van der Waals surface area contributed by atoms with Crippen molar-refractivity contribution in [3.05, 3.63) is 17.7 Å². The molecule has 2 N–H and O–H groups in total. The molecule has 0 heterocycles. The van der Waals surface area contributed by atoms with Crippen LogP contribution in [0.2, 0.25) is 0 Å². The lowest BCUT2D eigenvalue weighted by Gasteiger charge is -2.21. The number of phenolic OH excluding ortho intramolecular Hbond substituents is 2. The van der Waals surface area contributed by atoms with E-state index in [1.807, 2.05) is 20.8 Å². The van der Waals surface area contributed by atoms with Crippen LogP contribution in [-0.2, 0) is 5.41 Å². The standard InChI is InChI=1S/C11H16O3/c1-11(2,3)8-5-7(14-4)6-9(12)10(8)13/h5-6,12-13H,1-4H3. The van der Waals surface area contributed by atoms with Crippen LogP contribution >= 0.6 is 0 Å². The van der Waals surface area contributed by atoms with Gasteiger partial charge >= 0.3 is 0 Å². The summed E-state index contributed by atoms with van der Waals surface area (Å²) in [7, 11) is 1.53.